The van der Waals surface area contributed by atoms with Gasteiger partial charge in [-0.2, -0.15) is 5.10 Å². The van der Waals surface area contributed by atoms with Gasteiger partial charge in [0.2, 0.25) is 0 Å². The van der Waals surface area contributed by atoms with Crippen LogP contribution in [0, 0.1) is 12.7 Å². The number of fused-ring (bicyclic) bond motifs is 1. The third-order valence-electron chi connectivity index (χ3n) is 6.39. The molecular formula is C30H26FN3O4. The fourth-order valence-electron chi connectivity index (χ4n) is 4.49. The van der Waals surface area contributed by atoms with Crippen LogP contribution in [0.2, 0.25) is 0 Å². The maximum Gasteiger partial charge on any atom is 0.337 e. The van der Waals surface area contributed by atoms with E-state index >= 15 is 0 Å². The first-order valence-corrected chi connectivity index (χ1v) is 12.0. The van der Waals surface area contributed by atoms with Crippen molar-refractivity contribution in [2.24, 2.45) is 0 Å². The van der Waals surface area contributed by atoms with Crippen molar-refractivity contribution in [1.82, 2.24) is 9.78 Å². The lowest BCUT2D eigenvalue weighted by Gasteiger charge is -2.26. The molecule has 8 heteroatoms. The highest BCUT2D eigenvalue weighted by Gasteiger charge is 2.25. The number of rotatable bonds is 7. The Kier molecular flexibility index (Phi) is 6.46. The fraction of sp³-hybridized carbons (Fsp3) is 0.133. The minimum atomic E-state index is -1.00. The SMILES string of the molecule is C=C1C=C(c2cnn(-c3ccc(OC)c(F)c3)c2)Oc2c1cc(C)cc2C(C)Nc1ccccc1C(=O)O. The molecule has 1 aromatic heterocycles. The van der Waals surface area contributed by atoms with E-state index < -0.39 is 11.8 Å². The van der Waals surface area contributed by atoms with Crippen LogP contribution in [-0.4, -0.2) is 28.0 Å². The average molecular weight is 512 g/mol. The molecular weight excluding hydrogens is 485 g/mol. The summed E-state index contributed by atoms with van der Waals surface area (Å²) in [7, 11) is 1.42. The number of ether oxygens (including phenoxy) is 2. The van der Waals surface area contributed by atoms with Crippen molar-refractivity contribution in [3.8, 4) is 17.2 Å². The number of nitrogens with one attached hydrogen (secondary N) is 1. The molecule has 5 rings (SSSR count). The predicted octanol–water partition coefficient (Wildman–Crippen LogP) is 6.65. The van der Waals surface area contributed by atoms with Crippen LogP contribution in [0.25, 0.3) is 17.0 Å². The standard InChI is InChI=1S/C30H26FN3O4/c1-17-11-23-18(2)13-28(20-15-32-34(16-20)21-9-10-27(37-4)25(31)14-21)38-29(23)24(12-17)19(3)33-26-8-6-5-7-22(26)30(35)36/h5-16,19,33H,2H2,1,3-4H3,(H,35,36). The molecule has 1 aliphatic heterocycles. The lowest BCUT2D eigenvalue weighted by molar-refractivity contribution is 0.0698. The lowest BCUT2D eigenvalue weighted by Crippen LogP contribution is -2.14. The maximum absolute atomic E-state index is 14.2. The van der Waals surface area contributed by atoms with E-state index in [1.165, 1.54) is 13.2 Å². The summed E-state index contributed by atoms with van der Waals surface area (Å²) in [6.07, 6.45) is 5.24. The molecule has 1 aliphatic rings. The number of carboxylic acid groups (broad SMARTS) is 1. The molecule has 0 radical (unpaired) electrons. The number of halogens is 1. The summed E-state index contributed by atoms with van der Waals surface area (Å²) in [6.45, 7) is 8.19. The first-order chi connectivity index (χ1) is 18.2. The molecule has 0 bridgehead atoms. The Hall–Kier alpha value is -4.85. The number of aryl methyl sites for hydroxylation is 1. The summed E-state index contributed by atoms with van der Waals surface area (Å²) in [5.74, 6) is -0.150. The number of hydrogen-bond donors (Lipinski definition) is 2. The van der Waals surface area contributed by atoms with Gasteiger partial charge in [0.1, 0.15) is 11.5 Å². The quantitative estimate of drug-likeness (QED) is 0.289. The monoisotopic (exact) mass is 511 g/mol. The number of aromatic nitrogens is 2. The highest BCUT2D eigenvalue weighted by atomic mass is 19.1. The Morgan fingerprint density at radius 1 is 1.21 bits per heavy atom. The van der Waals surface area contributed by atoms with Gasteiger partial charge in [-0.1, -0.05) is 24.8 Å². The van der Waals surface area contributed by atoms with E-state index in [2.05, 4.69) is 17.0 Å². The number of nitrogens with zero attached hydrogens (tertiary/aromatic N) is 2. The van der Waals surface area contributed by atoms with E-state index in [0.29, 0.717) is 28.4 Å². The van der Waals surface area contributed by atoms with Crippen molar-refractivity contribution in [3.63, 3.8) is 0 Å². The molecule has 2 N–H and O–H groups in total. The van der Waals surface area contributed by atoms with Gasteiger partial charge in [0.25, 0.3) is 0 Å². The molecule has 4 aromatic rings. The van der Waals surface area contributed by atoms with Gasteiger partial charge < -0.3 is 19.9 Å². The molecule has 7 nitrogen and oxygen atoms in total. The largest absolute Gasteiger partial charge is 0.494 e. The number of benzene rings is 3. The highest BCUT2D eigenvalue weighted by Crippen LogP contribution is 2.42. The van der Waals surface area contributed by atoms with Gasteiger partial charge in [-0.25, -0.2) is 13.9 Å². The van der Waals surface area contributed by atoms with E-state index in [0.717, 1.165) is 22.3 Å². The lowest BCUT2D eigenvalue weighted by atomic mass is 9.93. The van der Waals surface area contributed by atoms with Crippen LogP contribution in [-0.2, 0) is 0 Å². The van der Waals surface area contributed by atoms with Crippen LogP contribution in [0.15, 0.2) is 79.6 Å². The summed E-state index contributed by atoms with van der Waals surface area (Å²) >= 11 is 0. The minimum absolute atomic E-state index is 0.156. The molecule has 0 fully saturated rings. The summed E-state index contributed by atoms with van der Waals surface area (Å²) < 4.78 is 27.2. The highest BCUT2D eigenvalue weighted by molar-refractivity contribution is 5.94. The molecule has 3 aromatic carbocycles. The third kappa shape index (κ3) is 4.64. The second-order valence-corrected chi connectivity index (χ2v) is 9.08. The van der Waals surface area contributed by atoms with Crippen molar-refractivity contribution in [2.45, 2.75) is 19.9 Å². The van der Waals surface area contributed by atoms with Gasteiger partial charge in [-0.05, 0) is 61.4 Å². The number of hydrogen-bond acceptors (Lipinski definition) is 5. The topological polar surface area (TPSA) is 85.6 Å². The predicted molar refractivity (Wildman–Crippen MR) is 144 cm³/mol. The first kappa shape index (κ1) is 24.8. The molecule has 0 saturated heterocycles. The zero-order chi connectivity index (χ0) is 27.0. The second kappa shape index (κ2) is 9.89. The summed E-state index contributed by atoms with van der Waals surface area (Å²) in [4.78, 5) is 11.7. The number of methoxy groups -OCH3 is 1. The molecule has 192 valence electrons. The van der Waals surface area contributed by atoms with Crippen LogP contribution >= 0.6 is 0 Å². The molecule has 0 saturated carbocycles. The molecule has 1 unspecified atom stereocenters. The number of anilines is 1. The fourth-order valence-corrected chi connectivity index (χ4v) is 4.49. The number of allylic oxidation sites excluding steroid dienone is 2. The van der Waals surface area contributed by atoms with E-state index in [9.17, 15) is 14.3 Å². The average Bonchev–Trinajstić information content (AvgIpc) is 3.39. The molecule has 38 heavy (non-hydrogen) atoms. The minimum Gasteiger partial charge on any atom is -0.494 e. The summed E-state index contributed by atoms with van der Waals surface area (Å²) in [5, 5.41) is 17.3. The van der Waals surface area contributed by atoms with E-state index in [1.807, 2.05) is 32.1 Å². The van der Waals surface area contributed by atoms with Crippen LogP contribution in [0.4, 0.5) is 10.1 Å². The van der Waals surface area contributed by atoms with Crippen molar-refractivity contribution in [1.29, 1.82) is 0 Å². The number of carbonyl (C=O) groups is 1. The van der Waals surface area contributed by atoms with E-state index in [-0.39, 0.29) is 17.4 Å². The number of para-hydroxylation sites is 1. The Morgan fingerprint density at radius 3 is 2.74 bits per heavy atom. The third-order valence-corrected chi connectivity index (χ3v) is 6.39. The van der Waals surface area contributed by atoms with E-state index in [1.54, 1.807) is 53.5 Å². The van der Waals surface area contributed by atoms with Crippen molar-refractivity contribution in [3.05, 3.63) is 113 Å². The first-order valence-electron chi connectivity index (χ1n) is 12.0. The Morgan fingerprint density at radius 2 is 2.00 bits per heavy atom. The van der Waals surface area contributed by atoms with Crippen LogP contribution < -0.4 is 14.8 Å². The summed E-state index contributed by atoms with van der Waals surface area (Å²) in [5.41, 5.74) is 5.44. The molecule has 0 aliphatic carbocycles. The summed E-state index contributed by atoms with van der Waals surface area (Å²) in [6, 6.07) is 15.1. The van der Waals surface area contributed by atoms with Gasteiger partial charge in [-0.3, -0.25) is 0 Å². The number of aromatic carboxylic acids is 1. The Labute approximate surface area is 219 Å². The second-order valence-electron chi connectivity index (χ2n) is 9.08. The molecule has 0 spiro atoms. The van der Waals surface area contributed by atoms with E-state index in [4.69, 9.17) is 9.47 Å². The van der Waals surface area contributed by atoms with Crippen molar-refractivity contribution < 1.29 is 23.8 Å². The Bertz CT molecular complexity index is 1610. The van der Waals surface area contributed by atoms with Gasteiger partial charge in [0.05, 0.1) is 36.2 Å². The van der Waals surface area contributed by atoms with Crippen LogP contribution in [0.3, 0.4) is 0 Å². The Balaban J connectivity index is 1.47. The van der Waals surface area contributed by atoms with Gasteiger partial charge >= 0.3 is 5.97 Å². The normalized spacial score (nSPS) is 13.3. The van der Waals surface area contributed by atoms with Gasteiger partial charge in [-0.15, -0.1) is 0 Å². The van der Waals surface area contributed by atoms with Crippen LogP contribution in [0.5, 0.6) is 11.5 Å². The molecule has 2 heterocycles. The smallest absolute Gasteiger partial charge is 0.337 e. The van der Waals surface area contributed by atoms with Gasteiger partial charge in [0, 0.05) is 29.1 Å². The molecule has 1 atom stereocenters. The zero-order valence-corrected chi connectivity index (χ0v) is 21.2. The molecule has 0 amide bonds. The van der Waals surface area contributed by atoms with Crippen molar-refractivity contribution >= 4 is 23.0 Å². The van der Waals surface area contributed by atoms with Crippen molar-refractivity contribution in [2.75, 3.05) is 12.4 Å². The number of carboxylic acids is 1. The van der Waals surface area contributed by atoms with Crippen LogP contribution in [0.1, 0.15) is 45.6 Å². The zero-order valence-electron chi connectivity index (χ0n) is 21.2. The maximum atomic E-state index is 14.2. The van der Waals surface area contributed by atoms with Gasteiger partial charge in [0.15, 0.2) is 11.6 Å².